The minimum absolute atomic E-state index is 0.150. The van der Waals surface area contributed by atoms with Crippen molar-refractivity contribution in [2.24, 2.45) is 0 Å². The van der Waals surface area contributed by atoms with Crippen LogP contribution < -0.4 is 5.73 Å². The van der Waals surface area contributed by atoms with Gasteiger partial charge in [-0.1, -0.05) is 17.7 Å². The summed E-state index contributed by atoms with van der Waals surface area (Å²) in [5.74, 6) is 0. The van der Waals surface area contributed by atoms with E-state index in [0.717, 1.165) is 5.56 Å². The van der Waals surface area contributed by atoms with Crippen LogP contribution in [0.25, 0.3) is 11.1 Å². The lowest BCUT2D eigenvalue weighted by Crippen LogP contribution is -1.81. The Morgan fingerprint density at radius 3 is 3.00 bits per heavy atom. The van der Waals surface area contributed by atoms with Crippen molar-refractivity contribution in [1.82, 2.24) is 4.98 Å². The van der Waals surface area contributed by atoms with E-state index in [1.54, 1.807) is 6.07 Å². The summed E-state index contributed by atoms with van der Waals surface area (Å²) in [5.41, 5.74) is 7.60. The molecule has 0 spiro atoms. The Kier molecular flexibility index (Phi) is 1.48. The molecule has 0 saturated heterocycles. The highest BCUT2D eigenvalue weighted by atomic mass is 35.5. The molecule has 12 heavy (non-hydrogen) atoms. The van der Waals surface area contributed by atoms with E-state index in [4.69, 9.17) is 21.8 Å². The molecule has 0 amide bonds. The van der Waals surface area contributed by atoms with Crippen molar-refractivity contribution in [3.8, 4) is 0 Å². The third kappa shape index (κ3) is 0.940. The largest absolute Gasteiger partial charge is 0.424 e. The second-order valence-corrected chi connectivity index (χ2v) is 2.97. The van der Waals surface area contributed by atoms with E-state index < -0.39 is 0 Å². The molecule has 1 aromatic carbocycles. The smallest absolute Gasteiger partial charge is 0.293 e. The predicted molar refractivity (Wildman–Crippen MR) is 48.2 cm³/mol. The maximum atomic E-state index is 5.96. The molecule has 1 aromatic heterocycles. The quantitative estimate of drug-likeness (QED) is 0.681. The number of nitrogens with zero attached hydrogens (tertiary/aromatic N) is 1. The fraction of sp³-hybridized carbons (Fsp3) is 0.125. The van der Waals surface area contributed by atoms with Crippen molar-refractivity contribution in [2.45, 2.75) is 6.92 Å². The zero-order chi connectivity index (χ0) is 8.72. The van der Waals surface area contributed by atoms with Crippen LogP contribution in [-0.2, 0) is 0 Å². The summed E-state index contributed by atoms with van der Waals surface area (Å²) in [6.07, 6.45) is 0. The van der Waals surface area contributed by atoms with Gasteiger partial charge in [-0.2, -0.15) is 4.98 Å². The molecule has 0 fully saturated rings. The van der Waals surface area contributed by atoms with Crippen molar-refractivity contribution in [2.75, 3.05) is 5.73 Å². The third-order valence-corrected chi connectivity index (χ3v) is 2.19. The molecule has 4 heteroatoms. The van der Waals surface area contributed by atoms with Crippen molar-refractivity contribution < 1.29 is 4.42 Å². The highest BCUT2D eigenvalue weighted by molar-refractivity contribution is 6.35. The first-order chi connectivity index (χ1) is 5.68. The van der Waals surface area contributed by atoms with E-state index in [2.05, 4.69) is 4.98 Å². The van der Waals surface area contributed by atoms with Crippen LogP contribution in [0.15, 0.2) is 16.5 Å². The van der Waals surface area contributed by atoms with Gasteiger partial charge in [0.05, 0.1) is 5.02 Å². The standard InChI is InChI=1S/C8H7ClN2O/c1-4-2-3-5-7(6(4)9)11-8(10)12-5/h2-3H,1H3,(H2,10,11). The normalized spacial score (nSPS) is 10.8. The summed E-state index contributed by atoms with van der Waals surface area (Å²) in [7, 11) is 0. The first-order valence-corrected chi connectivity index (χ1v) is 3.87. The number of halogens is 1. The molecule has 0 aliphatic rings. The average Bonchev–Trinajstić information content (AvgIpc) is 2.39. The van der Waals surface area contributed by atoms with Gasteiger partial charge in [0.1, 0.15) is 5.52 Å². The first kappa shape index (κ1) is 7.43. The second-order valence-electron chi connectivity index (χ2n) is 2.60. The van der Waals surface area contributed by atoms with Crippen molar-refractivity contribution in [1.29, 1.82) is 0 Å². The molecule has 2 N–H and O–H groups in total. The van der Waals surface area contributed by atoms with Gasteiger partial charge in [0.25, 0.3) is 6.01 Å². The highest BCUT2D eigenvalue weighted by Gasteiger charge is 2.07. The molecule has 0 bridgehead atoms. The Hall–Kier alpha value is -1.22. The van der Waals surface area contributed by atoms with Crippen LogP contribution in [0.5, 0.6) is 0 Å². The molecular formula is C8H7ClN2O. The number of anilines is 1. The minimum atomic E-state index is 0.150. The lowest BCUT2D eigenvalue weighted by molar-refractivity contribution is 0.626. The molecule has 0 unspecified atom stereocenters. The molecule has 0 radical (unpaired) electrons. The molecule has 2 rings (SSSR count). The number of benzene rings is 1. The van der Waals surface area contributed by atoms with Crippen LogP contribution in [0, 0.1) is 6.92 Å². The van der Waals surface area contributed by atoms with Gasteiger partial charge in [-0.3, -0.25) is 0 Å². The minimum Gasteiger partial charge on any atom is -0.424 e. The van der Waals surface area contributed by atoms with Crippen LogP contribution in [-0.4, -0.2) is 4.98 Å². The summed E-state index contributed by atoms with van der Waals surface area (Å²) in [6.45, 7) is 1.91. The zero-order valence-electron chi connectivity index (χ0n) is 6.47. The van der Waals surface area contributed by atoms with E-state index in [0.29, 0.717) is 16.1 Å². The van der Waals surface area contributed by atoms with Gasteiger partial charge in [-0.25, -0.2) is 0 Å². The molecule has 3 nitrogen and oxygen atoms in total. The highest BCUT2D eigenvalue weighted by Crippen LogP contribution is 2.27. The van der Waals surface area contributed by atoms with Gasteiger partial charge in [0, 0.05) is 0 Å². The predicted octanol–water partition coefficient (Wildman–Crippen LogP) is 2.37. The van der Waals surface area contributed by atoms with E-state index in [-0.39, 0.29) is 6.01 Å². The number of hydrogen-bond donors (Lipinski definition) is 1. The van der Waals surface area contributed by atoms with E-state index in [9.17, 15) is 0 Å². The SMILES string of the molecule is Cc1ccc2oc(N)nc2c1Cl. The van der Waals surface area contributed by atoms with Gasteiger partial charge in [0.15, 0.2) is 5.58 Å². The number of rotatable bonds is 0. The Labute approximate surface area is 74.1 Å². The monoisotopic (exact) mass is 182 g/mol. The number of aryl methyl sites for hydroxylation is 1. The van der Waals surface area contributed by atoms with Crippen molar-refractivity contribution in [3.63, 3.8) is 0 Å². The Bertz CT molecular complexity index is 436. The molecule has 0 saturated carbocycles. The molecule has 1 heterocycles. The zero-order valence-corrected chi connectivity index (χ0v) is 7.22. The Morgan fingerprint density at radius 2 is 2.25 bits per heavy atom. The van der Waals surface area contributed by atoms with E-state index in [1.165, 1.54) is 0 Å². The van der Waals surface area contributed by atoms with Crippen molar-refractivity contribution in [3.05, 3.63) is 22.7 Å². The van der Waals surface area contributed by atoms with Gasteiger partial charge in [0.2, 0.25) is 0 Å². The van der Waals surface area contributed by atoms with Gasteiger partial charge in [-0.15, -0.1) is 0 Å². The number of hydrogen-bond acceptors (Lipinski definition) is 3. The van der Waals surface area contributed by atoms with Crippen LogP contribution >= 0.6 is 11.6 Å². The molecule has 0 aliphatic carbocycles. The molecule has 0 atom stereocenters. The summed E-state index contributed by atoms with van der Waals surface area (Å²) in [4.78, 5) is 3.95. The maximum Gasteiger partial charge on any atom is 0.293 e. The summed E-state index contributed by atoms with van der Waals surface area (Å²) in [6, 6.07) is 3.83. The number of aromatic nitrogens is 1. The first-order valence-electron chi connectivity index (χ1n) is 3.49. The average molecular weight is 183 g/mol. The van der Waals surface area contributed by atoms with Crippen LogP contribution in [0.2, 0.25) is 5.02 Å². The van der Waals surface area contributed by atoms with Gasteiger partial charge in [-0.05, 0) is 18.6 Å². The molecule has 62 valence electrons. The molecular weight excluding hydrogens is 176 g/mol. The van der Waals surface area contributed by atoms with Crippen LogP contribution in [0.1, 0.15) is 5.56 Å². The van der Waals surface area contributed by atoms with E-state index in [1.807, 2.05) is 13.0 Å². The summed E-state index contributed by atoms with van der Waals surface area (Å²) in [5, 5.41) is 0.605. The number of fused-ring (bicyclic) bond motifs is 1. The van der Waals surface area contributed by atoms with Gasteiger partial charge < -0.3 is 10.2 Å². The number of nitrogen functional groups attached to an aromatic ring is 1. The lowest BCUT2D eigenvalue weighted by atomic mass is 10.2. The van der Waals surface area contributed by atoms with Crippen LogP contribution in [0.3, 0.4) is 0 Å². The topological polar surface area (TPSA) is 52.0 Å². The summed E-state index contributed by atoms with van der Waals surface area (Å²) >= 11 is 5.96. The fourth-order valence-corrected chi connectivity index (χ4v) is 1.28. The van der Waals surface area contributed by atoms with E-state index >= 15 is 0 Å². The Morgan fingerprint density at radius 1 is 1.50 bits per heavy atom. The Balaban J connectivity index is 2.89. The van der Waals surface area contributed by atoms with Crippen molar-refractivity contribution >= 4 is 28.7 Å². The number of oxazole rings is 1. The molecule has 2 aromatic rings. The lowest BCUT2D eigenvalue weighted by Gasteiger charge is -1.94. The van der Waals surface area contributed by atoms with Gasteiger partial charge >= 0.3 is 0 Å². The summed E-state index contributed by atoms with van der Waals surface area (Å²) < 4.78 is 5.09. The fourth-order valence-electron chi connectivity index (χ4n) is 1.08. The molecule has 0 aliphatic heterocycles. The maximum absolute atomic E-state index is 5.96. The second kappa shape index (κ2) is 2.38. The third-order valence-electron chi connectivity index (χ3n) is 1.71. The number of nitrogens with two attached hydrogens (primary N) is 1. The van der Waals surface area contributed by atoms with Crippen LogP contribution in [0.4, 0.5) is 6.01 Å².